The summed E-state index contributed by atoms with van der Waals surface area (Å²) in [6.07, 6.45) is 0. The Morgan fingerprint density at radius 1 is 1.40 bits per heavy atom. The summed E-state index contributed by atoms with van der Waals surface area (Å²) in [5.74, 6) is 0.715. The van der Waals surface area contributed by atoms with Gasteiger partial charge in [0, 0.05) is 6.07 Å². The van der Waals surface area contributed by atoms with Crippen LogP contribution in [0, 0.1) is 0 Å². The molecule has 3 N–H and O–H groups in total. The second-order valence-corrected chi connectivity index (χ2v) is 1.95. The van der Waals surface area contributed by atoms with Crippen molar-refractivity contribution in [1.29, 1.82) is 0 Å². The Morgan fingerprint density at radius 2 is 2.30 bits per heavy atom. The Balaban J connectivity index is 2.70. The number of rotatable bonds is 0. The quantitative estimate of drug-likeness (QED) is 0.441. The van der Waals surface area contributed by atoms with Crippen LogP contribution in [0.1, 0.15) is 0 Å². The SMILES string of the molecule is O=c1cccc2n1NNN2. The normalized spacial score (nSPS) is 13.6. The van der Waals surface area contributed by atoms with E-state index >= 15 is 0 Å². The van der Waals surface area contributed by atoms with E-state index in [9.17, 15) is 4.79 Å². The lowest BCUT2D eigenvalue weighted by atomic mass is 10.5. The van der Waals surface area contributed by atoms with Crippen molar-refractivity contribution < 1.29 is 0 Å². The van der Waals surface area contributed by atoms with Crippen LogP contribution >= 0.6 is 0 Å². The third-order valence-corrected chi connectivity index (χ3v) is 1.31. The van der Waals surface area contributed by atoms with Crippen LogP contribution in [-0.2, 0) is 0 Å². The summed E-state index contributed by atoms with van der Waals surface area (Å²) in [6, 6.07) is 4.95. The summed E-state index contributed by atoms with van der Waals surface area (Å²) in [5.41, 5.74) is 7.86. The molecule has 2 rings (SSSR count). The zero-order valence-electron chi connectivity index (χ0n) is 5.09. The van der Waals surface area contributed by atoms with Gasteiger partial charge >= 0.3 is 0 Å². The fourth-order valence-corrected chi connectivity index (χ4v) is 0.850. The third-order valence-electron chi connectivity index (χ3n) is 1.31. The number of nitrogens with zero attached hydrogens (tertiary/aromatic N) is 1. The van der Waals surface area contributed by atoms with Gasteiger partial charge in [0.1, 0.15) is 5.82 Å². The molecule has 0 amide bonds. The van der Waals surface area contributed by atoms with Crippen LogP contribution in [0.15, 0.2) is 23.0 Å². The minimum atomic E-state index is -0.0880. The molecular weight excluding hydrogens is 132 g/mol. The second kappa shape index (κ2) is 1.74. The van der Waals surface area contributed by atoms with Gasteiger partial charge in [-0.1, -0.05) is 6.07 Å². The van der Waals surface area contributed by atoms with Crippen molar-refractivity contribution in [3.05, 3.63) is 28.6 Å². The van der Waals surface area contributed by atoms with Crippen LogP contribution in [-0.4, -0.2) is 4.68 Å². The van der Waals surface area contributed by atoms with Gasteiger partial charge < -0.3 is 0 Å². The van der Waals surface area contributed by atoms with E-state index in [0.717, 1.165) is 0 Å². The molecule has 0 fully saturated rings. The smallest absolute Gasteiger partial charge is 0.271 e. The molecule has 0 unspecified atom stereocenters. The molecule has 0 saturated carbocycles. The monoisotopic (exact) mass is 138 g/mol. The van der Waals surface area contributed by atoms with Gasteiger partial charge in [-0.15, -0.1) is 5.53 Å². The van der Waals surface area contributed by atoms with E-state index in [0.29, 0.717) is 5.82 Å². The number of pyridine rings is 1. The molecule has 0 radical (unpaired) electrons. The molecule has 0 saturated heterocycles. The average molecular weight is 138 g/mol. The van der Waals surface area contributed by atoms with Gasteiger partial charge in [-0.3, -0.25) is 10.2 Å². The van der Waals surface area contributed by atoms with Crippen LogP contribution in [0.2, 0.25) is 0 Å². The molecule has 0 aromatic carbocycles. The number of aromatic nitrogens is 1. The number of hydrogen-bond donors (Lipinski definition) is 3. The summed E-state index contributed by atoms with van der Waals surface area (Å²) < 4.78 is 1.38. The first kappa shape index (κ1) is 5.31. The lowest BCUT2D eigenvalue weighted by Crippen LogP contribution is -2.29. The number of anilines is 1. The highest BCUT2D eigenvalue weighted by Crippen LogP contribution is 2.01. The first-order valence-corrected chi connectivity index (χ1v) is 2.87. The second-order valence-electron chi connectivity index (χ2n) is 1.95. The summed E-state index contributed by atoms with van der Waals surface area (Å²) in [6.45, 7) is 0. The standard InChI is InChI=1S/C5H6N4O/c10-5-3-1-2-4-6-7-8-9(4)5/h1-3,6-8H. The van der Waals surface area contributed by atoms with Crippen molar-refractivity contribution in [2.75, 3.05) is 11.0 Å². The highest BCUT2D eigenvalue weighted by atomic mass is 16.1. The van der Waals surface area contributed by atoms with Crippen LogP contribution in [0.25, 0.3) is 0 Å². The Hall–Kier alpha value is -1.49. The molecule has 1 aromatic rings. The maximum atomic E-state index is 10.9. The van der Waals surface area contributed by atoms with Gasteiger partial charge in [0.2, 0.25) is 0 Å². The first-order chi connectivity index (χ1) is 4.88. The maximum Gasteiger partial charge on any atom is 0.271 e. The molecule has 0 bridgehead atoms. The van der Waals surface area contributed by atoms with E-state index in [-0.39, 0.29) is 5.56 Å². The van der Waals surface area contributed by atoms with Crippen molar-refractivity contribution in [3.63, 3.8) is 0 Å². The molecule has 10 heavy (non-hydrogen) atoms. The summed E-state index contributed by atoms with van der Waals surface area (Å²) in [5, 5.41) is 0. The van der Waals surface area contributed by atoms with Crippen LogP contribution in [0.5, 0.6) is 0 Å². The van der Waals surface area contributed by atoms with Gasteiger partial charge in [0.15, 0.2) is 0 Å². The highest BCUT2D eigenvalue weighted by molar-refractivity contribution is 5.37. The molecule has 0 atom stereocenters. The van der Waals surface area contributed by atoms with Crippen LogP contribution in [0.4, 0.5) is 5.82 Å². The number of hydrazine groups is 2. The van der Waals surface area contributed by atoms with Crippen LogP contribution in [0.3, 0.4) is 0 Å². The van der Waals surface area contributed by atoms with E-state index in [1.807, 2.05) is 0 Å². The lowest BCUT2D eigenvalue weighted by Gasteiger charge is -1.96. The fraction of sp³-hybridized carbons (Fsp3) is 0. The van der Waals surface area contributed by atoms with Crippen molar-refractivity contribution in [1.82, 2.24) is 10.2 Å². The fourth-order valence-electron chi connectivity index (χ4n) is 0.850. The molecule has 5 nitrogen and oxygen atoms in total. The van der Waals surface area contributed by atoms with E-state index in [1.54, 1.807) is 12.1 Å². The van der Waals surface area contributed by atoms with Gasteiger partial charge in [-0.2, -0.15) is 4.68 Å². The average Bonchev–Trinajstić information content (AvgIpc) is 2.36. The summed E-state index contributed by atoms with van der Waals surface area (Å²) in [4.78, 5) is 10.9. The number of fused-ring (bicyclic) bond motifs is 1. The molecular formula is C5H6N4O. The topological polar surface area (TPSA) is 58.1 Å². The largest absolute Gasteiger partial charge is 0.287 e. The zero-order chi connectivity index (χ0) is 6.97. The van der Waals surface area contributed by atoms with Crippen LogP contribution < -0.4 is 22.1 Å². The van der Waals surface area contributed by atoms with Gasteiger partial charge in [0.05, 0.1) is 0 Å². The Labute approximate surface area is 56.6 Å². The predicted molar refractivity (Wildman–Crippen MR) is 36.8 cm³/mol. The van der Waals surface area contributed by atoms with Crippen molar-refractivity contribution in [2.45, 2.75) is 0 Å². The first-order valence-electron chi connectivity index (χ1n) is 2.87. The molecule has 5 heteroatoms. The van der Waals surface area contributed by atoms with E-state index in [2.05, 4.69) is 16.5 Å². The van der Waals surface area contributed by atoms with Crippen molar-refractivity contribution in [2.24, 2.45) is 0 Å². The minimum absolute atomic E-state index is 0.0880. The summed E-state index contributed by atoms with van der Waals surface area (Å²) >= 11 is 0. The molecule has 2 heterocycles. The Bertz CT molecular complexity index is 305. The van der Waals surface area contributed by atoms with E-state index in [4.69, 9.17) is 0 Å². The molecule has 1 aliphatic rings. The minimum Gasteiger partial charge on any atom is -0.287 e. The van der Waals surface area contributed by atoms with Crippen molar-refractivity contribution >= 4 is 5.82 Å². The summed E-state index contributed by atoms with van der Waals surface area (Å²) in [7, 11) is 0. The van der Waals surface area contributed by atoms with Gasteiger partial charge in [-0.05, 0) is 6.07 Å². The molecule has 1 aromatic heterocycles. The zero-order valence-corrected chi connectivity index (χ0v) is 5.09. The van der Waals surface area contributed by atoms with E-state index < -0.39 is 0 Å². The van der Waals surface area contributed by atoms with Crippen molar-refractivity contribution in [3.8, 4) is 0 Å². The predicted octanol–water partition coefficient (Wildman–Crippen LogP) is -0.763. The number of hydrogen-bond acceptors (Lipinski definition) is 4. The molecule has 0 aliphatic carbocycles. The lowest BCUT2D eigenvalue weighted by molar-refractivity contribution is 0.824. The molecule has 0 spiro atoms. The third kappa shape index (κ3) is 0.577. The Morgan fingerprint density at radius 3 is 3.10 bits per heavy atom. The van der Waals surface area contributed by atoms with Gasteiger partial charge in [0.25, 0.3) is 5.56 Å². The van der Waals surface area contributed by atoms with Gasteiger partial charge in [-0.25, -0.2) is 5.53 Å². The number of nitrogens with one attached hydrogen (secondary N) is 3. The van der Waals surface area contributed by atoms with E-state index in [1.165, 1.54) is 10.7 Å². The Kier molecular flexibility index (Phi) is 0.925. The molecule has 52 valence electrons. The highest BCUT2D eigenvalue weighted by Gasteiger charge is 2.06. The molecule has 1 aliphatic heterocycles. The maximum absolute atomic E-state index is 10.9.